The van der Waals surface area contributed by atoms with Crippen molar-refractivity contribution in [2.75, 3.05) is 12.9 Å². The summed E-state index contributed by atoms with van der Waals surface area (Å²) < 4.78 is 19.2. The van der Waals surface area contributed by atoms with E-state index < -0.39 is 12.7 Å². The lowest BCUT2D eigenvalue weighted by atomic mass is 10.0. The van der Waals surface area contributed by atoms with Crippen LogP contribution in [0, 0.1) is 0 Å². The van der Waals surface area contributed by atoms with Crippen molar-refractivity contribution in [3.05, 3.63) is 65.7 Å². The van der Waals surface area contributed by atoms with Crippen molar-refractivity contribution in [2.24, 2.45) is 4.99 Å². The van der Waals surface area contributed by atoms with E-state index in [1.54, 1.807) is 11.8 Å². The average molecular weight is 301 g/mol. The molecule has 1 aliphatic heterocycles. The van der Waals surface area contributed by atoms with Gasteiger partial charge in [0.1, 0.15) is 12.7 Å². The highest BCUT2D eigenvalue weighted by Crippen LogP contribution is 2.32. The first kappa shape index (κ1) is 14.1. The molecule has 2 aromatic carbocycles. The molecule has 0 amide bonds. The summed E-state index contributed by atoms with van der Waals surface area (Å²) in [5.41, 5.74) is 1.85. The summed E-state index contributed by atoms with van der Waals surface area (Å²) in [5, 5.41) is 0. The predicted molar refractivity (Wildman–Crippen MR) is 84.8 cm³/mol. The molecule has 2 aromatic rings. The van der Waals surface area contributed by atoms with Gasteiger partial charge in [0.25, 0.3) is 0 Å². The largest absolute Gasteiger partial charge is 0.467 e. The standard InChI is InChI=1S/C17H16FNOS/c1-21-14-9-7-12(8-10-14)16-15(11-18)19-17(20-16)13-5-3-2-4-6-13/h2-10,15-16H,11H2,1H3. The number of alkyl halides is 1. The Kier molecular flexibility index (Phi) is 4.25. The van der Waals surface area contributed by atoms with Gasteiger partial charge >= 0.3 is 0 Å². The second-order valence-corrected chi connectivity index (χ2v) is 5.71. The summed E-state index contributed by atoms with van der Waals surface area (Å²) in [6.07, 6.45) is 1.68. The van der Waals surface area contributed by atoms with Gasteiger partial charge in [-0.2, -0.15) is 0 Å². The van der Waals surface area contributed by atoms with E-state index in [2.05, 4.69) is 4.99 Å². The summed E-state index contributed by atoms with van der Waals surface area (Å²) >= 11 is 1.68. The molecule has 0 fully saturated rings. The van der Waals surface area contributed by atoms with Crippen molar-refractivity contribution >= 4 is 17.7 Å². The van der Waals surface area contributed by atoms with E-state index in [9.17, 15) is 4.39 Å². The topological polar surface area (TPSA) is 21.6 Å². The molecule has 4 heteroatoms. The summed E-state index contributed by atoms with van der Waals surface area (Å²) in [6, 6.07) is 17.2. The molecule has 108 valence electrons. The number of halogens is 1. The molecular formula is C17H16FNOS. The van der Waals surface area contributed by atoms with Gasteiger partial charge in [-0.15, -0.1) is 11.8 Å². The Labute approximate surface area is 128 Å². The lowest BCUT2D eigenvalue weighted by Crippen LogP contribution is -2.16. The van der Waals surface area contributed by atoms with Crippen LogP contribution in [-0.2, 0) is 4.74 Å². The minimum atomic E-state index is -0.523. The molecular weight excluding hydrogens is 285 g/mol. The third-order valence-electron chi connectivity index (χ3n) is 3.49. The van der Waals surface area contributed by atoms with Crippen LogP contribution in [-0.4, -0.2) is 24.9 Å². The minimum Gasteiger partial charge on any atom is -0.467 e. The van der Waals surface area contributed by atoms with Crippen LogP contribution in [0.5, 0.6) is 0 Å². The van der Waals surface area contributed by atoms with Crippen LogP contribution >= 0.6 is 11.8 Å². The third-order valence-corrected chi connectivity index (χ3v) is 4.24. The third kappa shape index (κ3) is 2.95. The van der Waals surface area contributed by atoms with Crippen molar-refractivity contribution in [1.29, 1.82) is 0 Å². The van der Waals surface area contributed by atoms with Crippen LogP contribution in [0.1, 0.15) is 17.2 Å². The summed E-state index contributed by atoms with van der Waals surface area (Å²) in [7, 11) is 0. The smallest absolute Gasteiger partial charge is 0.217 e. The van der Waals surface area contributed by atoms with Gasteiger partial charge in [0.05, 0.1) is 0 Å². The zero-order chi connectivity index (χ0) is 14.7. The molecule has 2 nitrogen and oxygen atoms in total. The number of hydrogen-bond donors (Lipinski definition) is 0. The fourth-order valence-corrected chi connectivity index (χ4v) is 2.78. The lowest BCUT2D eigenvalue weighted by Gasteiger charge is -2.16. The van der Waals surface area contributed by atoms with Crippen LogP contribution in [0.2, 0.25) is 0 Å². The number of nitrogens with zero attached hydrogens (tertiary/aromatic N) is 1. The molecule has 0 bridgehead atoms. The first-order chi connectivity index (χ1) is 10.3. The van der Waals surface area contributed by atoms with Gasteiger partial charge in [-0.1, -0.05) is 30.3 Å². The van der Waals surface area contributed by atoms with E-state index in [1.165, 1.54) is 4.90 Å². The highest BCUT2D eigenvalue weighted by Gasteiger charge is 2.32. The van der Waals surface area contributed by atoms with Crippen molar-refractivity contribution in [1.82, 2.24) is 0 Å². The normalized spacial score (nSPS) is 21.0. The molecule has 21 heavy (non-hydrogen) atoms. The second kappa shape index (κ2) is 6.31. The number of aliphatic imine (C=N–C) groups is 1. The van der Waals surface area contributed by atoms with E-state index >= 15 is 0 Å². The summed E-state index contributed by atoms with van der Waals surface area (Å²) in [5.74, 6) is 0.525. The maximum atomic E-state index is 13.3. The van der Waals surface area contributed by atoms with Crippen LogP contribution in [0.25, 0.3) is 0 Å². The minimum absolute atomic E-state index is 0.346. The van der Waals surface area contributed by atoms with Gasteiger partial charge in [-0.3, -0.25) is 0 Å². The van der Waals surface area contributed by atoms with Crippen molar-refractivity contribution in [2.45, 2.75) is 17.0 Å². The van der Waals surface area contributed by atoms with Crippen LogP contribution in [0.4, 0.5) is 4.39 Å². The quantitative estimate of drug-likeness (QED) is 0.787. The molecule has 0 saturated carbocycles. The van der Waals surface area contributed by atoms with E-state index in [1.807, 2.05) is 60.9 Å². The number of thioether (sulfide) groups is 1. The fourth-order valence-electron chi connectivity index (χ4n) is 2.37. The predicted octanol–water partition coefficient (Wildman–Crippen LogP) is 4.26. The molecule has 0 aliphatic carbocycles. The highest BCUT2D eigenvalue weighted by molar-refractivity contribution is 7.98. The molecule has 0 aromatic heterocycles. The number of hydrogen-bond acceptors (Lipinski definition) is 3. The summed E-state index contributed by atoms with van der Waals surface area (Å²) in [6.45, 7) is -0.523. The summed E-state index contributed by atoms with van der Waals surface area (Å²) in [4.78, 5) is 5.57. The van der Waals surface area contributed by atoms with Crippen LogP contribution in [0.15, 0.2) is 64.5 Å². The van der Waals surface area contributed by atoms with Crippen LogP contribution in [0.3, 0.4) is 0 Å². The number of ether oxygens (including phenoxy) is 1. The number of rotatable bonds is 4. The maximum absolute atomic E-state index is 13.3. The Hall–Kier alpha value is -1.81. The van der Waals surface area contributed by atoms with Crippen molar-refractivity contribution < 1.29 is 9.13 Å². The molecule has 0 saturated heterocycles. The van der Waals surface area contributed by atoms with E-state index in [4.69, 9.17) is 4.74 Å². The van der Waals surface area contributed by atoms with Gasteiger partial charge in [-0.25, -0.2) is 9.38 Å². The van der Waals surface area contributed by atoms with Crippen molar-refractivity contribution in [3.63, 3.8) is 0 Å². The highest BCUT2D eigenvalue weighted by atomic mass is 32.2. The molecule has 0 spiro atoms. The lowest BCUT2D eigenvalue weighted by molar-refractivity contribution is 0.180. The SMILES string of the molecule is CSc1ccc(C2OC(c3ccccc3)=NC2CF)cc1. The average Bonchev–Trinajstić information content (AvgIpc) is 3.00. The molecule has 2 atom stereocenters. The Morgan fingerprint density at radius 1 is 1.10 bits per heavy atom. The van der Waals surface area contributed by atoms with Gasteiger partial charge in [0.2, 0.25) is 5.90 Å². The fraction of sp³-hybridized carbons (Fsp3) is 0.235. The first-order valence-electron chi connectivity index (χ1n) is 6.81. The molecule has 1 heterocycles. The van der Waals surface area contributed by atoms with Gasteiger partial charge in [0.15, 0.2) is 6.10 Å². The van der Waals surface area contributed by atoms with E-state index in [0.29, 0.717) is 5.90 Å². The van der Waals surface area contributed by atoms with Crippen LogP contribution < -0.4 is 0 Å². The first-order valence-corrected chi connectivity index (χ1v) is 8.04. The van der Waals surface area contributed by atoms with E-state index in [-0.39, 0.29) is 6.10 Å². The number of benzene rings is 2. The Bertz CT molecular complexity index is 627. The molecule has 1 aliphatic rings. The Morgan fingerprint density at radius 3 is 2.43 bits per heavy atom. The zero-order valence-corrected chi connectivity index (χ0v) is 12.5. The second-order valence-electron chi connectivity index (χ2n) is 4.83. The van der Waals surface area contributed by atoms with Gasteiger partial charge in [-0.05, 0) is 36.1 Å². The Balaban J connectivity index is 1.84. The molecule has 3 rings (SSSR count). The Morgan fingerprint density at radius 2 is 1.81 bits per heavy atom. The van der Waals surface area contributed by atoms with Crippen molar-refractivity contribution in [3.8, 4) is 0 Å². The molecule has 0 N–H and O–H groups in total. The van der Waals surface area contributed by atoms with Gasteiger partial charge < -0.3 is 4.74 Å². The van der Waals surface area contributed by atoms with Gasteiger partial charge in [0, 0.05) is 10.5 Å². The van der Waals surface area contributed by atoms with E-state index in [0.717, 1.165) is 11.1 Å². The maximum Gasteiger partial charge on any atom is 0.217 e. The molecule has 0 radical (unpaired) electrons. The molecule has 2 unspecified atom stereocenters. The zero-order valence-electron chi connectivity index (χ0n) is 11.7. The monoisotopic (exact) mass is 301 g/mol.